The summed E-state index contributed by atoms with van der Waals surface area (Å²) in [6, 6.07) is 0. The molecule has 3 nitrogen and oxygen atoms in total. The molecule has 2 aromatic heterocycles. The van der Waals surface area contributed by atoms with Gasteiger partial charge in [-0.1, -0.05) is 16.1 Å². The van der Waals surface area contributed by atoms with Gasteiger partial charge in [-0.2, -0.15) is 0 Å². The van der Waals surface area contributed by atoms with Crippen molar-refractivity contribution in [2.24, 2.45) is 0 Å². The topological polar surface area (TPSA) is 38.7 Å². The van der Waals surface area contributed by atoms with E-state index in [-0.39, 0.29) is 0 Å². The van der Waals surface area contributed by atoms with E-state index < -0.39 is 0 Å². The van der Waals surface area contributed by atoms with Crippen LogP contribution in [-0.2, 0) is 0 Å². The van der Waals surface area contributed by atoms with Crippen molar-refractivity contribution in [2.45, 2.75) is 13.8 Å². The van der Waals surface area contributed by atoms with Crippen LogP contribution in [0, 0.1) is 13.8 Å². The lowest BCUT2D eigenvalue weighted by Gasteiger charge is -1.98. The molecule has 0 unspecified atom stereocenters. The Balaban J connectivity index is 2.97. The summed E-state index contributed by atoms with van der Waals surface area (Å²) >= 11 is 7.23. The summed E-state index contributed by atoms with van der Waals surface area (Å²) < 4.78 is 4.88. The fourth-order valence-corrected chi connectivity index (χ4v) is 1.93. The fourth-order valence-electron chi connectivity index (χ4n) is 1.05. The molecule has 2 aromatic rings. The Morgan fingerprint density at radius 3 is 2.83 bits per heavy atom. The first kappa shape index (κ1) is 7.89. The van der Waals surface area contributed by atoms with Crippen molar-refractivity contribution in [3.63, 3.8) is 0 Å². The highest BCUT2D eigenvalue weighted by atomic mass is 35.5. The van der Waals surface area contributed by atoms with Gasteiger partial charge in [0.1, 0.15) is 10.7 Å². The second-order valence-electron chi connectivity index (χ2n) is 2.56. The number of pyridine rings is 1. The average molecular weight is 200 g/mol. The zero-order chi connectivity index (χ0) is 8.72. The van der Waals surface area contributed by atoms with E-state index in [1.165, 1.54) is 11.5 Å². The lowest BCUT2D eigenvalue weighted by atomic mass is 10.2. The van der Waals surface area contributed by atoms with Crippen LogP contribution in [0.1, 0.15) is 11.3 Å². The van der Waals surface area contributed by atoms with E-state index in [9.17, 15) is 0 Å². The highest BCUT2D eigenvalue weighted by Gasteiger charge is 2.09. The predicted molar refractivity (Wildman–Crippen MR) is 49.7 cm³/mol. The molecular formula is C7H6ClN3S. The number of rotatable bonds is 0. The Bertz CT molecular complexity index is 437. The molecule has 0 saturated carbocycles. The molecule has 0 atom stereocenters. The Kier molecular flexibility index (Phi) is 1.73. The van der Waals surface area contributed by atoms with E-state index in [0.717, 1.165) is 21.5 Å². The van der Waals surface area contributed by atoms with Gasteiger partial charge in [0, 0.05) is 5.56 Å². The second-order valence-corrected chi connectivity index (χ2v) is 3.68. The lowest BCUT2D eigenvalue weighted by Crippen LogP contribution is -1.87. The van der Waals surface area contributed by atoms with Crippen LogP contribution in [0.5, 0.6) is 0 Å². The molecular weight excluding hydrogens is 194 g/mol. The first-order valence-electron chi connectivity index (χ1n) is 3.45. The van der Waals surface area contributed by atoms with Crippen LogP contribution in [0.3, 0.4) is 0 Å². The van der Waals surface area contributed by atoms with Crippen molar-refractivity contribution < 1.29 is 0 Å². The first-order valence-corrected chi connectivity index (χ1v) is 4.60. The van der Waals surface area contributed by atoms with Crippen molar-refractivity contribution in [3.05, 3.63) is 16.4 Å². The fraction of sp³-hybridized carbons (Fsp3) is 0.286. The van der Waals surface area contributed by atoms with Crippen molar-refractivity contribution in [2.75, 3.05) is 0 Å². The molecule has 0 saturated heterocycles. The van der Waals surface area contributed by atoms with Gasteiger partial charge in [0.2, 0.25) is 0 Å². The normalized spacial score (nSPS) is 10.9. The quantitative estimate of drug-likeness (QED) is 0.612. The van der Waals surface area contributed by atoms with E-state index in [1.807, 2.05) is 13.8 Å². The average Bonchev–Trinajstić information content (AvgIpc) is 2.48. The highest BCUT2D eigenvalue weighted by Crippen LogP contribution is 2.25. The maximum Gasteiger partial charge on any atom is 0.134 e. The van der Waals surface area contributed by atoms with Crippen LogP contribution >= 0.6 is 23.1 Å². The molecule has 0 bridgehead atoms. The first-order chi connectivity index (χ1) is 5.70. The number of nitrogens with zero attached hydrogens (tertiary/aromatic N) is 3. The van der Waals surface area contributed by atoms with Crippen LogP contribution in [0.4, 0.5) is 0 Å². The third-order valence-corrected chi connectivity index (χ3v) is 2.95. The third-order valence-electron chi connectivity index (χ3n) is 1.75. The summed E-state index contributed by atoms with van der Waals surface area (Å²) in [4.78, 5) is 4.17. The monoisotopic (exact) mass is 199 g/mol. The zero-order valence-corrected chi connectivity index (χ0v) is 8.20. The largest absolute Gasteiger partial charge is 0.239 e. The van der Waals surface area contributed by atoms with Gasteiger partial charge in [-0.15, -0.1) is 5.10 Å². The van der Waals surface area contributed by atoms with E-state index in [1.54, 1.807) is 0 Å². The van der Waals surface area contributed by atoms with Gasteiger partial charge in [0.25, 0.3) is 0 Å². The summed E-state index contributed by atoms with van der Waals surface area (Å²) in [6.07, 6.45) is 0. The van der Waals surface area contributed by atoms with E-state index in [0.29, 0.717) is 5.15 Å². The Hall–Kier alpha value is -0.740. The van der Waals surface area contributed by atoms with Gasteiger partial charge in [0.05, 0.1) is 10.4 Å². The van der Waals surface area contributed by atoms with Crippen LogP contribution in [0.15, 0.2) is 0 Å². The van der Waals surface area contributed by atoms with Gasteiger partial charge < -0.3 is 0 Å². The Morgan fingerprint density at radius 2 is 2.08 bits per heavy atom. The molecule has 0 aliphatic rings. The van der Waals surface area contributed by atoms with Gasteiger partial charge in [-0.05, 0) is 25.4 Å². The molecule has 0 aliphatic heterocycles. The third kappa shape index (κ3) is 0.990. The minimum atomic E-state index is 0.521. The van der Waals surface area contributed by atoms with Gasteiger partial charge in [-0.3, -0.25) is 0 Å². The zero-order valence-electron chi connectivity index (χ0n) is 6.63. The number of aryl methyl sites for hydroxylation is 2. The van der Waals surface area contributed by atoms with E-state index in [4.69, 9.17) is 11.6 Å². The van der Waals surface area contributed by atoms with Crippen LogP contribution in [0.25, 0.3) is 10.2 Å². The second kappa shape index (κ2) is 2.64. The Morgan fingerprint density at radius 1 is 1.33 bits per heavy atom. The molecule has 0 aromatic carbocycles. The van der Waals surface area contributed by atoms with Gasteiger partial charge in [-0.25, -0.2) is 4.98 Å². The van der Waals surface area contributed by atoms with Gasteiger partial charge >= 0.3 is 0 Å². The van der Waals surface area contributed by atoms with E-state index >= 15 is 0 Å². The summed E-state index contributed by atoms with van der Waals surface area (Å²) in [6.45, 7) is 3.81. The minimum Gasteiger partial charge on any atom is -0.239 e. The maximum absolute atomic E-state index is 5.88. The van der Waals surface area contributed by atoms with Crippen molar-refractivity contribution in [3.8, 4) is 0 Å². The SMILES string of the molecule is Cc1c(Cl)nc(C)c2snnc12. The molecule has 2 heterocycles. The van der Waals surface area contributed by atoms with Crippen molar-refractivity contribution >= 4 is 33.4 Å². The molecule has 2 rings (SSSR count). The number of hydrogen-bond donors (Lipinski definition) is 0. The molecule has 0 spiro atoms. The summed E-state index contributed by atoms with van der Waals surface area (Å²) in [5.41, 5.74) is 2.68. The number of aromatic nitrogens is 3. The Labute approximate surface area is 78.6 Å². The molecule has 62 valence electrons. The standard InChI is InChI=1S/C7H6ClN3S/c1-3-5-6(12-11-10-5)4(2)9-7(3)8/h1-2H3. The minimum absolute atomic E-state index is 0.521. The van der Waals surface area contributed by atoms with Crippen LogP contribution in [0.2, 0.25) is 5.15 Å². The molecule has 12 heavy (non-hydrogen) atoms. The molecule has 0 radical (unpaired) electrons. The van der Waals surface area contributed by atoms with Crippen molar-refractivity contribution in [1.29, 1.82) is 0 Å². The van der Waals surface area contributed by atoms with E-state index in [2.05, 4.69) is 14.6 Å². The van der Waals surface area contributed by atoms with Crippen LogP contribution in [-0.4, -0.2) is 14.6 Å². The highest BCUT2D eigenvalue weighted by molar-refractivity contribution is 7.13. The number of fused-ring (bicyclic) bond motifs is 1. The predicted octanol–water partition coefficient (Wildman–Crippen LogP) is 2.36. The number of hydrogen-bond acceptors (Lipinski definition) is 4. The molecule has 5 heteroatoms. The summed E-state index contributed by atoms with van der Waals surface area (Å²) in [7, 11) is 0. The summed E-state index contributed by atoms with van der Waals surface area (Å²) in [5.74, 6) is 0. The van der Waals surface area contributed by atoms with Crippen molar-refractivity contribution in [1.82, 2.24) is 14.6 Å². The summed E-state index contributed by atoms with van der Waals surface area (Å²) in [5, 5.41) is 4.51. The molecule has 0 fully saturated rings. The lowest BCUT2D eigenvalue weighted by molar-refractivity contribution is 1.16. The molecule has 0 aliphatic carbocycles. The van der Waals surface area contributed by atoms with Crippen LogP contribution < -0.4 is 0 Å². The molecule has 0 N–H and O–H groups in total. The number of halogens is 1. The smallest absolute Gasteiger partial charge is 0.134 e. The maximum atomic E-state index is 5.88. The van der Waals surface area contributed by atoms with Gasteiger partial charge in [0.15, 0.2) is 0 Å². The molecule has 0 amide bonds.